The maximum Gasteiger partial charge on any atom is 0.307 e. The summed E-state index contributed by atoms with van der Waals surface area (Å²) in [5.74, 6) is -0.504. The van der Waals surface area contributed by atoms with Crippen LogP contribution in [0.4, 0.5) is 0 Å². The zero-order valence-electron chi connectivity index (χ0n) is 14.6. The number of benzene rings is 1. The van der Waals surface area contributed by atoms with Crippen LogP contribution in [0.15, 0.2) is 30.3 Å². The molecule has 2 atom stereocenters. The predicted octanol–water partition coefficient (Wildman–Crippen LogP) is 1.61. The van der Waals surface area contributed by atoms with Crippen LogP contribution in [-0.2, 0) is 9.59 Å². The molecule has 0 bridgehead atoms. The summed E-state index contributed by atoms with van der Waals surface area (Å²) in [6, 6.07) is 8.97. The summed E-state index contributed by atoms with van der Waals surface area (Å²) >= 11 is 0. The predicted molar refractivity (Wildman–Crippen MR) is 92.0 cm³/mol. The Morgan fingerprint density at radius 1 is 1.23 bits per heavy atom. The van der Waals surface area contributed by atoms with E-state index >= 15 is 0 Å². The molecule has 26 heavy (non-hydrogen) atoms. The van der Waals surface area contributed by atoms with Crippen LogP contribution < -0.4 is 0 Å². The molecule has 4 rings (SSSR count). The van der Waals surface area contributed by atoms with Crippen LogP contribution in [0.2, 0.25) is 0 Å². The highest BCUT2D eigenvalue weighted by molar-refractivity contribution is 5.80. The standard InChI is InChI=1S/C18H21N5O3/c1-12(23-20-15(19-21-23)13-5-3-2-4-6-13)16(24)22-9-7-18(8-10-22)11-14(18)17(25)26/h2-6,12,14H,7-11H2,1H3,(H,25,26). The van der Waals surface area contributed by atoms with Crippen LogP contribution in [-0.4, -0.2) is 55.2 Å². The molecule has 2 fully saturated rings. The third-order valence-corrected chi connectivity index (χ3v) is 5.72. The molecule has 2 aromatic rings. The van der Waals surface area contributed by atoms with Gasteiger partial charge in [-0.3, -0.25) is 9.59 Å². The molecule has 2 unspecified atom stereocenters. The van der Waals surface area contributed by atoms with Crippen LogP contribution in [0.1, 0.15) is 32.2 Å². The van der Waals surface area contributed by atoms with Crippen LogP contribution in [0.5, 0.6) is 0 Å². The number of aliphatic carboxylic acids is 1. The van der Waals surface area contributed by atoms with Crippen molar-refractivity contribution in [3.8, 4) is 11.4 Å². The van der Waals surface area contributed by atoms with Gasteiger partial charge in [-0.2, -0.15) is 4.80 Å². The number of amides is 1. The molecular formula is C18H21N5O3. The average Bonchev–Trinajstić information content (AvgIpc) is 3.15. The Morgan fingerprint density at radius 3 is 2.54 bits per heavy atom. The van der Waals surface area contributed by atoms with Crippen LogP contribution >= 0.6 is 0 Å². The van der Waals surface area contributed by atoms with Crippen LogP contribution in [0.3, 0.4) is 0 Å². The van der Waals surface area contributed by atoms with Crippen molar-refractivity contribution in [3.05, 3.63) is 30.3 Å². The largest absolute Gasteiger partial charge is 0.481 e. The van der Waals surface area contributed by atoms with Gasteiger partial charge in [0.1, 0.15) is 6.04 Å². The van der Waals surface area contributed by atoms with Crippen molar-refractivity contribution in [1.82, 2.24) is 25.1 Å². The Balaban J connectivity index is 1.40. The molecule has 2 aliphatic rings. The number of nitrogens with zero attached hydrogens (tertiary/aromatic N) is 5. The van der Waals surface area contributed by atoms with E-state index in [4.69, 9.17) is 0 Å². The van der Waals surface area contributed by atoms with Crippen molar-refractivity contribution in [2.45, 2.75) is 32.2 Å². The lowest BCUT2D eigenvalue weighted by Crippen LogP contribution is -2.43. The second-order valence-corrected chi connectivity index (χ2v) is 7.26. The molecule has 1 aromatic carbocycles. The zero-order valence-corrected chi connectivity index (χ0v) is 14.6. The Morgan fingerprint density at radius 2 is 1.92 bits per heavy atom. The number of carbonyl (C=O) groups is 2. The first-order valence-electron chi connectivity index (χ1n) is 8.87. The lowest BCUT2D eigenvalue weighted by Gasteiger charge is -2.33. The van der Waals surface area contributed by atoms with E-state index in [0.29, 0.717) is 18.9 Å². The number of piperidine rings is 1. The topological polar surface area (TPSA) is 101 Å². The van der Waals surface area contributed by atoms with Gasteiger partial charge in [0.2, 0.25) is 11.7 Å². The van der Waals surface area contributed by atoms with Gasteiger partial charge >= 0.3 is 5.97 Å². The second kappa shape index (κ2) is 6.19. The zero-order chi connectivity index (χ0) is 18.3. The molecule has 8 heteroatoms. The molecule has 136 valence electrons. The van der Waals surface area contributed by atoms with E-state index in [2.05, 4.69) is 15.4 Å². The normalized spacial score (nSPS) is 22.2. The molecule has 1 aliphatic carbocycles. The van der Waals surface area contributed by atoms with E-state index < -0.39 is 12.0 Å². The highest BCUT2D eigenvalue weighted by Gasteiger charge is 2.59. The minimum absolute atomic E-state index is 0.0515. The van der Waals surface area contributed by atoms with Gasteiger partial charge in [0.25, 0.3) is 0 Å². The van der Waals surface area contributed by atoms with E-state index in [9.17, 15) is 14.7 Å². The summed E-state index contributed by atoms with van der Waals surface area (Å²) in [7, 11) is 0. The summed E-state index contributed by atoms with van der Waals surface area (Å²) in [5.41, 5.74) is 0.768. The Labute approximate surface area is 150 Å². The summed E-state index contributed by atoms with van der Waals surface area (Å²) in [4.78, 5) is 27.1. The van der Waals surface area contributed by atoms with E-state index in [-0.39, 0.29) is 17.2 Å². The summed E-state index contributed by atoms with van der Waals surface area (Å²) < 4.78 is 0. The van der Waals surface area contributed by atoms with Gasteiger partial charge in [0.05, 0.1) is 5.92 Å². The second-order valence-electron chi connectivity index (χ2n) is 7.26. The minimum atomic E-state index is -0.710. The van der Waals surface area contributed by atoms with Gasteiger partial charge in [0.15, 0.2) is 0 Å². The number of carboxylic acid groups (broad SMARTS) is 1. The SMILES string of the molecule is CC(C(=O)N1CCC2(CC1)CC2C(=O)O)n1nnc(-c2ccccc2)n1. The van der Waals surface area contributed by atoms with Crippen molar-refractivity contribution >= 4 is 11.9 Å². The van der Waals surface area contributed by atoms with Crippen molar-refractivity contribution in [3.63, 3.8) is 0 Å². The van der Waals surface area contributed by atoms with Crippen LogP contribution in [0.25, 0.3) is 11.4 Å². The maximum atomic E-state index is 12.8. The highest BCUT2D eigenvalue weighted by atomic mass is 16.4. The molecule has 1 saturated carbocycles. The number of aromatic nitrogens is 4. The third-order valence-electron chi connectivity index (χ3n) is 5.72. The molecule has 1 spiro atoms. The molecule has 1 aromatic heterocycles. The number of likely N-dealkylation sites (tertiary alicyclic amines) is 1. The van der Waals surface area contributed by atoms with Crippen LogP contribution in [0, 0.1) is 11.3 Å². The molecule has 1 saturated heterocycles. The van der Waals surface area contributed by atoms with E-state index in [0.717, 1.165) is 24.8 Å². The number of carboxylic acids is 1. The smallest absolute Gasteiger partial charge is 0.307 e. The van der Waals surface area contributed by atoms with Gasteiger partial charge in [-0.1, -0.05) is 30.3 Å². The molecule has 1 aliphatic heterocycles. The number of carbonyl (C=O) groups excluding carboxylic acids is 1. The monoisotopic (exact) mass is 355 g/mol. The van der Waals surface area contributed by atoms with Crippen molar-refractivity contribution in [2.75, 3.05) is 13.1 Å². The number of hydrogen-bond donors (Lipinski definition) is 1. The fraction of sp³-hybridized carbons (Fsp3) is 0.500. The molecule has 1 N–H and O–H groups in total. The first-order valence-corrected chi connectivity index (χ1v) is 8.87. The first kappa shape index (κ1) is 16.7. The Hall–Kier alpha value is -2.77. The lowest BCUT2D eigenvalue weighted by molar-refractivity contribution is -0.140. The van der Waals surface area contributed by atoms with E-state index in [1.54, 1.807) is 11.8 Å². The Bertz CT molecular complexity index is 826. The van der Waals surface area contributed by atoms with Gasteiger partial charge in [-0.05, 0) is 36.8 Å². The Kier molecular flexibility index (Phi) is 3.97. The maximum absolute atomic E-state index is 12.8. The lowest BCUT2D eigenvalue weighted by atomic mass is 9.90. The van der Waals surface area contributed by atoms with Gasteiger partial charge in [-0.15, -0.1) is 10.2 Å². The summed E-state index contributed by atoms with van der Waals surface area (Å²) in [6.07, 6.45) is 2.25. The highest BCUT2D eigenvalue weighted by Crippen LogP contribution is 2.59. The molecular weight excluding hydrogens is 334 g/mol. The molecule has 0 radical (unpaired) electrons. The number of rotatable bonds is 4. The molecule has 1 amide bonds. The molecule has 2 heterocycles. The van der Waals surface area contributed by atoms with Gasteiger partial charge in [-0.25, -0.2) is 0 Å². The van der Waals surface area contributed by atoms with E-state index in [1.165, 1.54) is 4.80 Å². The van der Waals surface area contributed by atoms with Crippen molar-refractivity contribution in [2.24, 2.45) is 11.3 Å². The fourth-order valence-corrected chi connectivity index (χ4v) is 3.88. The summed E-state index contributed by atoms with van der Waals surface area (Å²) in [5, 5.41) is 21.6. The third kappa shape index (κ3) is 2.85. The average molecular weight is 355 g/mol. The minimum Gasteiger partial charge on any atom is -0.481 e. The number of hydrogen-bond acceptors (Lipinski definition) is 5. The van der Waals surface area contributed by atoms with Crippen molar-refractivity contribution < 1.29 is 14.7 Å². The quantitative estimate of drug-likeness (QED) is 0.894. The fourth-order valence-electron chi connectivity index (χ4n) is 3.88. The summed E-state index contributed by atoms with van der Waals surface area (Å²) in [6.45, 7) is 2.95. The van der Waals surface area contributed by atoms with Gasteiger partial charge in [0, 0.05) is 18.7 Å². The van der Waals surface area contributed by atoms with Crippen molar-refractivity contribution in [1.29, 1.82) is 0 Å². The molecule has 8 nitrogen and oxygen atoms in total. The first-order chi connectivity index (χ1) is 12.5. The van der Waals surface area contributed by atoms with Gasteiger partial charge < -0.3 is 10.0 Å². The van der Waals surface area contributed by atoms with E-state index in [1.807, 2.05) is 30.3 Å². The number of tetrazole rings is 1.